The second kappa shape index (κ2) is 9.62. The number of imide groups is 2. The first kappa shape index (κ1) is 22.8. The van der Waals surface area contributed by atoms with Crippen molar-refractivity contribution in [2.24, 2.45) is 0 Å². The molecule has 1 N–H and O–H groups in total. The van der Waals surface area contributed by atoms with Crippen LogP contribution in [0, 0.1) is 13.8 Å². The van der Waals surface area contributed by atoms with Gasteiger partial charge >= 0.3 is 6.03 Å². The van der Waals surface area contributed by atoms with Gasteiger partial charge in [0.2, 0.25) is 0 Å². The van der Waals surface area contributed by atoms with Crippen LogP contribution in [-0.2, 0) is 16.2 Å². The Kier molecular flexibility index (Phi) is 6.45. The van der Waals surface area contributed by atoms with Gasteiger partial charge in [-0.15, -0.1) is 0 Å². The van der Waals surface area contributed by atoms with Gasteiger partial charge < -0.3 is 9.47 Å². The Bertz CT molecular complexity index is 1290. The SMILES string of the molecule is COc1cc(/C=C2\C(=O)NC(=O)N(c3cccc(C)c3)C2=O)ccc1OCc1ccc(C)cc1. The van der Waals surface area contributed by atoms with Crippen LogP contribution in [0.15, 0.2) is 72.3 Å². The van der Waals surface area contributed by atoms with Gasteiger partial charge in [0.1, 0.15) is 12.2 Å². The largest absolute Gasteiger partial charge is 0.493 e. The first-order chi connectivity index (χ1) is 16.4. The fourth-order valence-electron chi connectivity index (χ4n) is 3.56. The zero-order chi connectivity index (χ0) is 24.2. The van der Waals surface area contributed by atoms with Gasteiger partial charge in [0.05, 0.1) is 12.8 Å². The van der Waals surface area contributed by atoms with Crippen molar-refractivity contribution in [3.63, 3.8) is 0 Å². The van der Waals surface area contributed by atoms with E-state index in [1.54, 1.807) is 36.4 Å². The summed E-state index contributed by atoms with van der Waals surface area (Å²) in [6.07, 6.45) is 1.43. The third-order valence-electron chi connectivity index (χ3n) is 5.38. The number of ether oxygens (including phenoxy) is 2. The van der Waals surface area contributed by atoms with Crippen molar-refractivity contribution < 1.29 is 23.9 Å². The van der Waals surface area contributed by atoms with Crippen LogP contribution in [0.5, 0.6) is 11.5 Å². The minimum atomic E-state index is -0.782. The van der Waals surface area contributed by atoms with Crippen molar-refractivity contribution in [1.29, 1.82) is 0 Å². The van der Waals surface area contributed by atoms with E-state index in [-0.39, 0.29) is 5.57 Å². The van der Waals surface area contributed by atoms with E-state index < -0.39 is 17.8 Å². The number of methoxy groups -OCH3 is 1. The van der Waals surface area contributed by atoms with E-state index in [9.17, 15) is 14.4 Å². The smallest absolute Gasteiger partial charge is 0.335 e. The Labute approximate surface area is 197 Å². The molecule has 1 fully saturated rings. The quantitative estimate of drug-likeness (QED) is 0.434. The monoisotopic (exact) mass is 456 g/mol. The topological polar surface area (TPSA) is 84.9 Å². The maximum atomic E-state index is 13.1. The first-order valence-corrected chi connectivity index (χ1v) is 10.7. The number of benzene rings is 3. The lowest BCUT2D eigenvalue weighted by Gasteiger charge is -2.26. The number of nitrogens with one attached hydrogen (secondary N) is 1. The standard InChI is InChI=1S/C27H24N2O5/c1-17-7-9-19(10-8-17)16-34-23-12-11-20(15-24(23)33-3)14-22-25(30)28-27(32)29(26(22)31)21-6-4-5-18(2)13-21/h4-15H,16H2,1-3H3,(H,28,30,32)/b22-14+. The van der Waals surface area contributed by atoms with E-state index in [4.69, 9.17) is 9.47 Å². The minimum absolute atomic E-state index is 0.156. The van der Waals surface area contributed by atoms with E-state index >= 15 is 0 Å². The summed E-state index contributed by atoms with van der Waals surface area (Å²) in [5.74, 6) is -0.464. The van der Waals surface area contributed by atoms with Gasteiger partial charge in [-0.1, -0.05) is 48.0 Å². The van der Waals surface area contributed by atoms with Crippen molar-refractivity contribution in [1.82, 2.24) is 5.32 Å². The number of aryl methyl sites for hydroxylation is 2. The van der Waals surface area contributed by atoms with E-state index in [0.29, 0.717) is 29.4 Å². The van der Waals surface area contributed by atoms with Crippen molar-refractivity contribution in [2.75, 3.05) is 12.0 Å². The third kappa shape index (κ3) is 4.83. The van der Waals surface area contributed by atoms with E-state index in [1.165, 1.54) is 18.7 Å². The second-order valence-corrected chi connectivity index (χ2v) is 7.98. The van der Waals surface area contributed by atoms with Crippen molar-refractivity contribution in [3.8, 4) is 11.5 Å². The van der Waals surface area contributed by atoms with Gasteiger partial charge in [-0.05, 0) is 60.9 Å². The maximum Gasteiger partial charge on any atom is 0.335 e. The van der Waals surface area contributed by atoms with Crippen LogP contribution in [-0.4, -0.2) is 25.0 Å². The van der Waals surface area contributed by atoms with E-state index in [2.05, 4.69) is 5.32 Å². The Morgan fingerprint density at radius 3 is 2.35 bits per heavy atom. The third-order valence-corrected chi connectivity index (χ3v) is 5.38. The Morgan fingerprint density at radius 2 is 1.65 bits per heavy atom. The van der Waals surface area contributed by atoms with Crippen LogP contribution in [0.2, 0.25) is 0 Å². The molecule has 0 aromatic heterocycles. The molecular formula is C27H24N2O5. The van der Waals surface area contributed by atoms with Crippen LogP contribution in [0.4, 0.5) is 10.5 Å². The highest BCUT2D eigenvalue weighted by Gasteiger charge is 2.36. The molecule has 0 atom stereocenters. The summed E-state index contributed by atoms with van der Waals surface area (Å²) in [5.41, 5.74) is 3.85. The van der Waals surface area contributed by atoms with E-state index in [0.717, 1.165) is 16.0 Å². The highest BCUT2D eigenvalue weighted by atomic mass is 16.5. The summed E-state index contributed by atoms with van der Waals surface area (Å²) in [6.45, 7) is 4.24. The number of nitrogens with zero attached hydrogens (tertiary/aromatic N) is 1. The Hall–Kier alpha value is -4.39. The molecule has 7 heteroatoms. The number of amides is 4. The molecule has 0 saturated carbocycles. The van der Waals surface area contributed by atoms with Crippen LogP contribution >= 0.6 is 0 Å². The molecule has 0 bridgehead atoms. The van der Waals surface area contributed by atoms with Crippen molar-refractivity contribution >= 4 is 29.6 Å². The first-order valence-electron chi connectivity index (χ1n) is 10.7. The lowest BCUT2D eigenvalue weighted by molar-refractivity contribution is -0.122. The summed E-state index contributed by atoms with van der Waals surface area (Å²) < 4.78 is 11.3. The molecule has 3 aromatic rings. The summed E-state index contributed by atoms with van der Waals surface area (Å²) in [4.78, 5) is 38.9. The predicted molar refractivity (Wildman–Crippen MR) is 129 cm³/mol. The average molecular weight is 456 g/mol. The fraction of sp³-hybridized carbons (Fsp3) is 0.148. The molecule has 1 saturated heterocycles. The molecule has 4 amide bonds. The Morgan fingerprint density at radius 1 is 0.882 bits per heavy atom. The minimum Gasteiger partial charge on any atom is -0.493 e. The number of rotatable bonds is 6. The maximum absolute atomic E-state index is 13.1. The molecule has 4 rings (SSSR count). The molecule has 172 valence electrons. The molecule has 0 radical (unpaired) electrons. The molecule has 3 aromatic carbocycles. The molecule has 1 heterocycles. The van der Waals surface area contributed by atoms with E-state index in [1.807, 2.05) is 44.2 Å². The Balaban J connectivity index is 1.59. The molecule has 1 aliphatic heterocycles. The average Bonchev–Trinajstić information content (AvgIpc) is 2.81. The van der Waals surface area contributed by atoms with Gasteiger partial charge in [-0.2, -0.15) is 0 Å². The highest BCUT2D eigenvalue weighted by molar-refractivity contribution is 6.39. The zero-order valence-electron chi connectivity index (χ0n) is 19.1. The molecule has 0 unspecified atom stereocenters. The second-order valence-electron chi connectivity index (χ2n) is 7.98. The zero-order valence-corrected chi connectivity index (χ0v) is 19.1. The van der Waals surface area contributed by atoms with Crippen LogP contribution < -0.4 is 19.7 Å². The van der Waals surface area contributed by atoms with Crippen molar-refractivity contribution in [3.05, 3.63) is 94.6 Å². The summed E-state index contributed by atoms with van der Waals surface area (Å²) in [6, 6.07) is 19.3. The molecule has 0 spiro atoms. The number of carbonyl (C=O) groups is 3. The molecule has 1 aliphatic rings. The van der Waals surface area contributed by atoms with Gasteiger partial charge in [-0.25, -0.2) is 9.69 Å². The summed E-state index contributed by atoms with van der Waals surface area (Å²) in [7, 11) is 1.52. The lowest BCUT2D eigenvalue weighted by Crippen LogP contribution is -2.54. The van der Waals surface area contributed by atoms with Crippen LogP contribution in [0.25, 0.3) is 6.08 Å². The number of carbonyl (C=O) groups excluding carboxylic acids is 3. The number of hydrogen-bond acceptors (Lipinski definition) is 5. The summed E-state index contributed by atoms with van der Waals surface area (Å²) >= 11 is 0. The molecule has 7 nitrogen and oxygen atoms in total. The van der Waals surface area contributed by atoms with Gasteiger partial charge in [0, 0.05) is 0 Å². The predicted octanol–water partition coefficient (Wildman–Crippen LogP) is 4.56. The lowest BCUT2D eigenvalue weighted by atomic mass is 10.1. The van der Waals surface area contributed by atoms with Gasteiger partial charge in [0.25, 0.3) is 11.8 Å². The number of hydrogen-bond donors (Lipinski definition) is 1. The highest BCUT2D eigenvalue weighted by Crippen LogP contribution is 2.30. The molecular weight excluding hydrogens is 432 g/mol. The summed E-state index contributed by atoms with van der Waals surface area (Å²) in [5, 5.41) is 2.23. The number of urea groups is 1. The van der Waals surface area contributed by atoms with Gasteiger partial charge in [-0.3, -0.25) is 14.9 Å². The fourth-order valence-corrected chi connectivity index (χ4v) is 3.56. The molecule has 34 heavy (non-hydrogen) atoms. The number of barbiturate groups is 1. The van der Waals surface area contributed by atoms with Crippen LogP contribution in [0.3, 0.4) is 0 Å². The van der Waals surface area contributed by atoms with Crippen LogP contribution in [0.1, 0.15) is 22.3 Å². The number of anilines is 1. The van der Waals surface area contributed by atoms with Crippen molar-refractivity contribution in [2.45, 2.75) is 20.5 Å². The van der Waals surface area contributed by atoms with Gasteiger partial charge in [0.15, 0.2) is 11.5 Å². The normalized spacial score (nSPS) is 14.9. The molecule has 0 aliphatic carbocycles.